The first-order chi connectivity index (χ1) is 7.24. The Labute approximate surface area is 86.6 Å². The van der Waals surface area contributed by atoms with Crippen LogP contribution in [0, 0.1) is 0 Å². The first-order valence-corrected chi connectivity index (χ1v) is 4.46. The molecular weight excluding hydrogens is 198 g/mol. The van der Waals surface area contributed by atoms with Crippen molar-refractivity contribution in [1.29, 1.82) is 0 Å². The standard InChI is InChI=1S/C9H13N3O3/c1-2-8(13)11-7-15-6-5-12-4-3-10-9(12)14/h2-4H,1,5-7H2,(H,10,14)(H,11,13). The zero-order valence-electron chi connectivity index (χ0n) is 8.23. The number of H-pyrrole nitrogens is 1. The molecule has 6 heteroatoms. The lowest BCUT2D eigenvalue weighted by Crippen LogP contribution is -2.26. The summed E-state index contributed by atoms with van der Waals surface area (Å²) in [6.45, 7) is 4.22. The Morgan fingerprint density at radius 1 is 1.73 bits per heavy atom. The van der Waals surface area contributed by atoms with Crippen LogP contribution in [0.1, 0.15) is 0 Å². The summed E-state index contributed by atoms with van der Waals surface area (Å²) in [5.74, 6) is -0.284. The Bertz CT molecular complexity index is 380. The SMILES string of the molecule is C=CC(=O)NCOCCn1cc[nH]c1=O. The number of rotatable bonds is 6. The lowest BCUT2D eigenvalue weighted by molar-refractivity contribution is -0.118. The maximum absolute atomic E-state index is 11.0. The van der Waals surface area contributed by atoms with E-state index in [-0.39, 0.29) is 18.3 Å². The molecular formula is C9H13N3O3. The smallest absolute Gasteiger partial charge is 0.325 e. The van der Waals surface area contributed by atoms with Crippen LogP contribution in [0.4, 0.5) is 0 Å². The van der Waals surface area contributed by atoms with Crippen LogP contribution in [0.3, 0.4) is 0 Å². The summed E-state index contributed by atoms with van der Waals surface area (Å²) in [7, 11) is 0. The Morgan fingerprint density at radius 3 is 3.13 bits per heavy atom. The summed E-state index contributed by atoms with van der Waals surface area (Å²) in [5.41, 5.74) is -0.172. The molecule has 0 atom stereocenters. The van der Waals surface area contributed by atoms with Crippen molar-refractivity contribution in [3.63, 3.8) is 0 Å². The third-order valence-corrected chi connectivity index (χ3v) is 1.73. The maximum Gasteiger partial charge on any atom is 0.325 e. The highest BCUT2D eigenvalue weighted by Crippen LogP contribution is 1.81. The van der Waals surface area contributed by atoms with Crippen molar-refractivity contribution in [1.82, 2.24) is 14.9 Å². The summed E-state index contributed by atoms with van der Waals surface area (Å²) >= 11 is 0. The number of imidazole rings is 1. The molecule has 0 aliphatic rings. The maximum atomic E-state index is 11.0. The normalized spacial score (nSPS) is 9.87. The number of hydrogen-bond acceptors (Lipinski definition) is 3. The van der Waals surface area contributed by atoms with Crippen LogP contribution in [-0.4, -0.2) is 28.8 Å². The molecule has 6 nitrogen and oxygen atoms in total. The van der Waals surface area contributed by atoms with Crippen molar-refractivity contribution in [2.24, 2.45) is 0 Å². The van der Waals surface area contributed by atoms with Crippen LogP contribution in [0.2, 0.25) is 0 Å². The van der Waals surface area contributed by atoms with Gasteiger partial charge in [-0.25, -0.2) is 4.79 Å². The molecule has 2 N–H and O–H groups in total. The molecule has 1 aromatic heterocycles. The van der Waals surface area contributed by atoms with Crippen molar-refractivity contribution >= 4 is 5.91 Å². The highest BCUT2D eigenvalue weighted by Gasteiger charge is 1.96. The molecule has 0 saturated heterocycles. The number of nitrogens with one attached hydrogen (secondary N) is 2. The molecule has 1 aromatic rings. The Kier molecular flexibility index (Phi) is 4.36. The van der Waals surface area contributed by atoms with Gasteiger partial charge in [-0.15, -0.1) is 0 Å². The molecule has 0 aliphatic carbocycles. The average Bonchev–Trinajstić information content (AvgIpc) is 2.63. The van der Waals surface area contributed by atoms with Gasteiger partial charge in [0.05, 0.1) is 13.2 Å². The first kappa shape index (κ1) is 11.3. The van der Waals surface area contributed by atoms with E-state index in [1.54, 1.807) is 12.4 Å². The van der Waals surface area contributed by atoms with Crippen molar-refractivity contribution in [2.45, 2.75) is 6.54 Å². The van der Waals surface area contributed by atoms with Crippen LogP contribution in [0.25, 0.3) is 0 Å². The third-order valence-electron chi connectivity index (χ3n) is 1.73. The summed E-state index contributed by atoms with van der Waals surface area (Å²) in [5, 5.41) is 2.45. The van der Waals surface area contributed by atoms with Gasteiger partial charge in [-0.2, -0.15) is 0 Å². The van der Waals surface area contributed by atoms with E-state index in [2.05, 4.69) is 16.9 Å². The number of amides is 1. The van der Waals surface area contributed by atoms with Gasteiger partial charge in [-0.1, -0.05) is 6.58 Å². The molecule has 0 unspecified atom stereocenters. The van der Waals surface area contributed by atoms with Gasteiger partial charge in [-0.05, 0) is 6.08 Å². The van der Waals surface area contributed by atoms with Gasteiger partial charge < -0.3 is 15.0 Å². The minimum Gasteiger partial charge on any atom is -0.359 e. The van der Waals surface area contributed by atoms with E-state index in [1.807, 2.05) is 0 Å². The number of aromatic amines is 1. The molecule has 0 radical (unpaired) electrons. The topological polar surface area (TPSA) is 76.1 Å². The van der Waals surface area contributed by atoms with Crippen molar-refractivity contribution < 1.29 is 9.53 Å². The molecule has 0 aromatic carbocycles. The predicted molar refractivity (Wildman–Crippen MR) is 54.2 cm³/mol. The van der Waals surface area contributed by atoms with E-state index >= 15 is 0 Å². The Morgan fingerprint density at radius 2 is 2.53 bits per heavy atom. The monoisotopic (exact) mass is 211 g/mol. The third kappa shape index (κ3) is 3.82. The molecule has 1 rings (SSSR count). The van der Waals surface area contributed by atoms with Gasteiger partial charge in [0.2, 0.25) is 5.91 Å². The summed E-state index contributed by atoms with van der Waals surface area (Å²) in [6, 6.07) is 0. The number of aromatic nitrogens is 2. The molecule has 1 amide bonds. The molecule has 1 heterocycles. The molecule has 0 aliphatic heterocycles. The second kappa shape index (κ2) is 5.82. The van der Waals surface area contributed by atoms with Gasteiger partial charge in [0, 0.05) is 12.4 Å². The van der Waals surface area contributed by atoms with Gasteiger partial charge in [-0.3, -0.25) is 9.36 Å². The van der Waals surface area contributed by atoms with E-state index in [1.165, 1.54) is 10.6 Å². The molecule has 0 saturated carbocycles. The Hall–Kier alpha value is -1.82. The first-order valence-electron chi connectivity index (χ1n) is 4.46. The lowest BCUT2D eigenvalue weighted by atomic mass is 10.6. The number of nitrogens with zero attached hydrogens (tertiary/aromatic N) is 1. The van der Waals surface area contributed by atoms with Gasteiger partial charge in [0.1, 0.15) is 6.73 Å². The van der Waals surface area contributed by atoms with Crippen LogP contribution < -0.4 is 11.0 Å². The highest BCUT2D eigenvalue weighted by molar-refractivity contribution is 5.86. The minimum absolute atomic E-state index is 0.115. The van der Waals surface area contributed by atoms with E-state index in [4.69, 9.17) is 4.74 Å². The fourth-order valence-electron chi connectivity index (χ4n) is 0.955. The van der Waals surface area contributed by atoms with Crippen LogP contribution in [0.5, 0.6) is 0 Å². The van der Waals surface area contributed by atoms with Crippen LogP contribution in [0.15, 0.2) is 29.8 Å². The minimum atomic E-state index is -0.284. The van der Waals surface area contributed by atoms with Crippen LogP contribution in [-0.2, 0) is 16.1 Å². The highest BCUT2D eigenvalue weighted by atomic mass is 16.5. The van der Waals surface area contributed by atoms with Gasteiger partial charge >= 0.3 is 5.69 Å². The number of carbonyl (C=O) groups is 1. The summed E-state index contributed by atoms with van der Waals surface area (Å²) in [6.07, 6.45) is 4.36. The van der Waals surface area contributed by atoms with E-state index in [0.717, 1.165) is 0 Å². The van der Waals surface area contributed by atoms with Crippen molar-refractivity contribution in [3.8, 4) is 0 Å². The second-order valence-corrected chi connectivity index (χ2v) is 2.76. The lowest BCUT2D eigenvalue weighted by Gasteiger charge is -2.04. The van der Waals surface area contributed by atoms with Crippen LogP contribution >= 0.6 is 0 Å². The number of ether oxygens (including phenoxy) is 1. The molecule has 0 fully saturated rings. The second-order valence-electron chi connectivity index (χ2n) is 2.76. The van der Waals surface area contributed by atoms with Crippen molar-refractivity contribution in [2.75, 3.05) is 13.3 Å². The number of carbonyl (C=O) groups excluding carboxylic acids is 1. The summed E-state index contributed by atoms with van der Waals surface area (Å²) < 4.78 is 6.56. The quantitative estimate of drug-likeness (QED) is 0.376. The molecule has 0 bridgehead atoms. The largest absolute Gasteiger partial charge is 0.359 e. The van der Waals surface area contributed by atoms with E-state index in [9.17, 15) is 9.59 Å². The van der Waals surface area contributed by atoms with E-state index in [0.29, 0.717) is 13.2 Å². The molecule has 82 valence electrons. The van der Waals surface area contributed by atoms with Gasteiger partial charge in [0.15, 0.2) is 0 Å². The zero-order valence-corrected chi connectivity index (χ0v) is 8.23. The summed E-state index contributed by atoms with van der Waals surface area (Å²) in [4.78, 5) is 24.2. The predicted octanol–water partition coefficient (Wildman–Crippen LogP) is -0.547. The average molecular weight is 211 g/mol. The van der Waals surface area contributed by atoms with Crippen molar-refractivity contribution in [3.05, 3.63) is 35.5 Å². The van der Waals surface area contributed by atoms with Gasteiger partial charge in [0.25, 0.3) is 0 Å². The number of hydrogen-bond donors (Lipinski definition) is 2. The zero-order chi connectivity index (χ0) is 11.1. The molecule has 15 heavy (non-hydrogen) atoms. The Balaban J connectivity index is 2.12. The van der Waals surface area contributed by atoms with E-state index < -0.39 is 0 Å². The fraction of sp³-hybridized carbons (Fsp3) is 0.333. The molecule has 0 spiro atoms. The fourth-order valence-corrected chi connectivity index (χ4v) is 0.955.